The lowest BCUT2D eigenvalue weighted by Gasteiger charge is -2.25. The maximum absolute atomic E-state index is 13.7. The standard InChI is InChI=1S/C24H20FNO3S/c1-14-5-3-6-16(11-14)21-20(22(27)17-8-9-19(25)15(2)12-17)23(28)24(29)26(21)13-18-7-4-10-30-18/h3-12,21,27H,13H2,1-2H3/b22-20-. The first-order chi connectivity index (χ1) is 14.4. The molecule has 1 atom stereocenters. The van der Waals surface area contributed by atoms with Crippen molar-refractivity contribution >= 4 is 28.8 Å². The van der Waals surface area contributed by atoms with E-state index in [9.17, 15) is 19.1 Å². The summed E-state index contributed by atoms with van der Waals surface area (Å²) in [7, 11) is 0. The first-order valence-electron chi connectivity index (χ1n) is 9.50. The Morgan fingerprint density at radius 3 is 2.57 bits per heavy atom. The molecule has 1 N–H and O–H groups in total. The van der Waals surface area contributed by atoms with Crippen molar-refractivity contribution in [3.63, 3.8) is 0 Å². The second kappa shape index (κ2) is 7.88. The number of hydrogen-bond acceptors (Lipinski definition) is 4. The molecule has 0 spiro atoms. The molecule has 6 heteroatoms. The largest absolute Gasteiger partial charge is 0.507 e. The highest BCUT2D eigenvalue weighted by molar-refractivity contribution is 7.09. The summed E-state index contributed by atoms with van der Waals surface area (Å²) in [5.41, 5.74) is 2.39. The first kappa shape index (κ1) is 20.0. The fourth-order valence-corrected chi connectivity index (χ4v) is 4.45. The van der Waals surface area contributed by atoms with E-state index in [1.807, 2.05) is 48.7 Å². The number of likely N-dealkylation sites (tertiary alicyclic amines) is 1. The lowest BCUT2D eigenvalue weighted by molar-refractivity contribution is -0.140. The molecule has 1 saturated heterocycles. The quantitative estimate of drug-likeness (QED) is 0.361. The van der Waals surface area contributed by atoms with Crippen LogP contribution in [0, 0.1) is 19.7 Å². The van der Waals surface area contributed by atoms with Crippen molar-refractivity contribution in [1.82, 2.24) is 4.90 Å². The monoisotopic (exact) mass is 421 g/mol. The Bertz CT molecular complexity index is 1170. The van der Waals surface area contributed by atoms with Gasteiger partial charge in [0.05, 0.1) is 18.2 Å². The van der Waals surface area contributed by atoms with Gasteiger partial charge in [-0.05, 0) is 54.6 Å². The van der Waals surface area contributed by atoms with Crippen molar-refractivity contribution in [2.75, 3.05) is 0 Å². The number of aliphatic hydroxyl groups is 1. The minimum Gasteiger partial charge on any atom is -0.507 e. The average Bonchev–Trinajstić information content (AvgIpc) is 3.32. The van der Waals surface area contributed by atoms with Gasteiger partial charge in [-0.25, -0.2) is 4.39 Å². The van der Waals surface area contributed by atoms with Crippen LogP contribution in [-0.2, 0) is 16.1 Å². The van der Waals surface area contributed by atoms with Gasteiger partial charge in [0, 0.05) is 10.4 Å². The van der Waals surface area contributed by atoms with Crippen molar-refractivity contribution in [3.05, 3.63) is 98.5 Å². The Kier molecular flexibility index (Phi) is 5.26. The number of hydrogen-bond donors (Lipinski definition) is 1. The molecule has 4 nitrogen and oxygen atoms in total. The Morgan fingerprint density at radius 2 is 1.90 bits per heavy atom. The van der Waals surface area contributed by atoms with Crippen molar-refractivity contribution in [2.45, 2.75) is 26.4 Å². The maximum atomic E-state index is 13.7. The summed E-state index contributed by atoms with van der Waals surface area (Å²) in [6.07, 6.45) is 0. The maximum Gasteiger partial charge on any atom is 0.295 e. The summed E-state index contributed by atoms with van der Waals surface area (Å²) >= 11 is 1.50. The number of ketones is 1. The normalized spacial score (nSPS) is 18.2. The van der Waals surface area contributed by atoms with Gasteiger partial charge in [-0.15, -0.1) is 11.3 Å². The second-order valence-corrected chi connectivity index (χ2v) is 8.42. The molecule has 0 bridgehead atoms. The smallest absolute Gasteiger partial charge is 0.295 e. The number of benzene rings is 2. The summed E-state index contributed by atoms with van der Waals surface area (Å²) in [4.78, 5) is 28.4. The Balaban J connectivity index is 1.89. The summed E-state index contributed by atoms with van der Waals surface area (Å²) in [5.74, 6) is -2.09. The number of aliphatic hydroxyl groups excluding tert-OH is 1. The van der Waals surface area contributed by atoms with Crippen LogP contribution in [0.25, 0.3) is 5.76 Å². The van der Waals surface area contributed by atoms with E-state index in [2.05, 4.69) is 0 Å². The van der Waals surface area contributed by atoms with Crippen LogP contribution in [0.1, 0.15) is 33.2 Å². The minimum absolute atomic E-state index is 0.0214. The molecule has 0 saturated carbocycles. The first-order valence-corrected chi connectivity index (χ1v) is 10.4. The highest BCUT2D eigenvalue weighted by Crippen LogP contribution is 2.40. The molecule has 3 aromatic rings. The van der Waals surface area contributed by atoms with Gasteiger partial charge in [-0.2, -0.15) is 0 Å². The van der Waals surface area contributed by atoms with E-state index in [0.717, 1.165) is 16.0 Å². The van der Waals surface area contributed by atoms with Crippen LogP contribution in [0.15, 0.2) is 65.6 Å². The molecule has 2 aromatic carbocycles. The number of halogens is 1. The average molecular weight is 421 g/mol. The van der Waals surface area contributed by atoms with Gasteiger partial charge in [0.25, 0.3) is 11.7 Å². The van der Waals surface area contributed by atoms with E-state index in [1.54, 1.807) is 6.92 Å². The Hall–Kier alpha value is -3.25. The number of carbonyl (C=O) groups excluding carboxylic acids is 2. The van der Waals surface area contributed by atoms with Crippen LogP contribution in [-0.4, -0.2) is 21.7 Å². The van der Waals surface area contributed by atoms with Gasteiger partial charge >= 0.3 is 0 Å². The predicted molar refractivity (Wildman–Crippen MR) is 114 cm³/mol. The fraction of sp³-hybridized carbons (Fsp3) is 0.167. The fourth-order valence-electron chi connectivity index (χ4n) is 3.75. The number of aryl methyl sites for hydroxylation is 2. The van der Waals surface area contributed by atoms with Crippen molar-refractivity contribution in [1.29, 1.82) is 0 Å². The number of thiophene rings is 1. The Labute approximate surface area is 177 Å². The van der Waals surface area contributed by atoms with Crippen molar-refractivity contribution in [2.24, 2.45) is 0 Å². The molecule has 2 heterocycles. The van der Waals surface area contributed by atoms with Gasteiger partial charge in [0.15, 0.2) is 0 Å². The van der Waals surface area contributed by atoms with E-state index in [-0.39, 0.29) is 17.9 Å². The summed E-state index contributed by atoms with van der Waals surface area (Å²) in [5, 5.41) is 12.9. The molecule has 1 aliphatic heterocycles. The summed E-state index contributed by atoms with van der Waals surface area (Å²) < 4.78 is 13.7. The van der Waals surface area contributed by atoms with Gasteiger partial charge in [-0.3, -0.25) is 9.59 Å². The number of amides is 1. The van der Waals surface area contributed by atoms with E-state index >= 15 is 0 Å². The molecule has 1 fully saturated rings. The van der Waals surface area contributed by atoms with Crippen LogP contribution in [0.5, 0.6) is 0 Å². The van der Waals surface area contributed by atoms with Crippen LogP contribution < -0.4 is 0 Å². The number of Topliss-reactive ketones (excluding diaryl/α,β-unsaturated/α-hetero) is 1. The number of rotatable bonds is 4. The highest BCUT2D eigenvalue weighted by atomic mass is 32.1. The zero-order chi connectivity index (χ0) is 21.4. The molecule has 1 aliphatic rings. The van der Waals surface area contributed by atoms with Crippen LogP contribution >= 0.6 is 11.3 Å². The molecule has 1 aromatic heterocycles. The predicted octanol–water partition coefficient (Wildman–Crippen LogP) is 5.13. The SMILES string of the molecule is Cc1cccc(C2/C(=C(/O)c3ccc(F)c(C)c3)C(=O)C(=O)N2Cc2cccs2)c1. The molecule has 1 amide bonds. The van der Waals surface area contributed by atoms with E-state index in [0.29, 0.717) is 11.1 Å². The number of carbonyl (C=O) groups is 2. The highest BCUT2D eigenvalue weighted by Gasteiger charge is 2.46. The third kappa shape index (κ3) is 3.55. The van der Waals surface area contributed by atoms with Gasteiger partial charge in [-0.1, -0.05) is 35.9 Å². The van der Waals surface area contributed by atoms with Gasteiger partial charge < -0.3 is 10.0 Å². The molecule has 0 radical (unpaired) electrons. The lowest BCUT2D eigenvalue weighted by Crippen LogP contribution is -2.28. The molecule has 152 valence electrons. The van der Waals surface area contributed by atoms with Gasteiger partial charge in [0.1, 0.15) is 11.6 Å². The molecule has 30 heavy (non-hydrogen) atoms. The van der Waals surface area contributed by atoms with Crippen LogP contribution in [0.3, 0.4) is 0 Å². The van der Waals surface area contributed by atoms with Crippen LogP contribution in [0.4, 0.5) is 4.39 Å². The van der Waals surface area contributed by atoms with Crippen molar-refractivity contribution < 1.29 is 19.1 Å². The molecule has 1 unspecified atom stereocenters. The molecular formula is C24H20FNO3S. The molecule has 0 aliphatic carbocycles. The summed E-state index contributed by atoms with van der Waals surface area (Å²) in [6, 6.07) is 14.7. The third-order valence-corrected chi connectivity index (χ3v) is 6.10. The lowest BCUT2D eigenvalue weighted by atomic mass is 9.94. The Morgan fingerprint density at radius 1 is 1.10 bits per heavy atom. The van der Waals surface area contributed by atoms with Crippen molar-refractivity contribution in [3.8, 4) is 0 Å². The molecule has 4 rings (SSSR count). The minimum atomic E-state index is -0.738. The topological polar surface area (TPSA) is 57.6 Å². The zero-order valence-corrected chi connectivity index (χ0v) is 17.4. The van der Waals surface area contributed by atoms with E-state index in [1.165, 1.54) is 34.4 Å². The van der Waals surface area contributed by atoms with Crippen LogP contribution in [0.2, 0.25) is 0 Å². The summed E-state index contributed by atoms with van der Waals surface area (Å²) in [6.45, 7) is 3.78. The van der Waals surface area contributed by atoms with E-state index in [4.69, 9.17) is 0 Å². The second-order valence-electron chi connectivity index (χ2n) is 7.38. The third-order valence-electron chi connectivity index (χ3n) is 5.24. The number of nitrogens with zero attached hydrogens (tertiary/aromatic N) is 1. The van der Waals surface area contributed by atoms with Gasteiger partial charge in [0.2, 0.25) is 0 Å². The molecular weight excluding hydrogens is 401 g/mol. The van der Waals surface area contributed by atoms with E-state index < -0.39 is 23.5 Å². The zero-order valence-electron chi connectivity index (χ0n) is 16.6.